The zero-order valence-corrected chi connectivity index (χ0v) is 14.1. The molecule has 0 amide bonds. The number of nitriles is 2. The van der Waals surface area contributed by atoms with Gasteiger partial charge < -0.3 is 9.64 Å². The number of esters is 1. The lowest BCUT2D eigenvalue weighted by Gasteiger charge is -2.11. The molecular weight excluding hydrogens is 314 g/mol. The first kappa shape index (κ1) is 17.8. The Bertz CT molecular complexity index is 869. The first-order valence-electron chi connectivity index (χ1n) is 7.59. The Hall–Kier alpha value is -3.57. The highest BCUT2D eigenvalue weighted by Crippen LogP contribution is 2.15. The van der Waals surface area contributed by atoms with Crippen LogP contribution in [0.15, 0.2) is 54.1 Å². The van der Waals surface area contributed by atoms with Gasteiger partial charge in [-0.05, 0) is 41.5 Å². The summed E-state index contributed by atoms with van der Waals surface area (Å²) in [6, 6.07) is 18.1. The van der Waals surface area contributed by atoms with Crippen molar-refractivity contribution in [1.82, 2.24) is 0 Å². The molecule has 0 unspecified atom stereocenters. The maximum atomic E-state index is 12.1. The fraction of sp³-hybridized carbons (Fsp3) is 0.150. The molecule has 0 spiro atoms. The van der Waals surface area contributed by atoms with Gasteiger partial charge in [-0.15, -0.1) is 0 Å². The van der Waals surface area contributed by atoms with Crippen LogP contribution in [-0.2, 0) is 16.1 Å². The van der Waals surface area contributed by atoms with E-state index in [1.54, 1.807) is 24.3 Å². The molecule has 0 aromatic heterocycles. The third-order valence-electron chi connectivity index (χ3n) is 3.49. The normalized spacial score (nSPS) is 10.5. The van der Waals surface area contributed by atoms with Crippen LogP contribution < -0.4 is 4.90 Å². The molecule has 0 atom stereocenters. The highest BCUT2D eigenvalue weighted by Gasteiger charge is 2.11. The van der Waals surface area contributed by atoms with E-state index in [1.165, 1.54) is 6.08 Å². The second-order valence-electron chi connectivity index (χ2n) is 5.54. The quantitative estimate of drug-likeness (QED) is 0.477. The first-order chi connectivity index (χ1) is 12.0. The van der Waals surface area contributed by atoms with Crippen LogP contribution in [0.5, 0.6) is 0 Å². The lowest BCUT2D eigenvalue weighted by atomic mass is 10.1. The van der Waals surface area contributed by atoms with Crippen LogP contribution in [0, 0.1) is 22.7 Å². The second-order valence-corrected chi connectivity index (χ2v) is 5.54. The average molecular weight is 331 g/mol. The summed E-state index contributed by atoms with van der Waals surface area (Å²) in [5.41, 5.74) is 2.88. The molecule has 5 heteroatoms. The second kappa shape index (κ2) is 8.33. The van der Waals surface area contributed by atoms with Gasteiger partial charge in [0.05, 0.1) is 11.6 Å². The molecule has 0 heterocycles. The van der Waals surface area contributed by atoms with Crippen molar-refractivity contribution in [2.24, 2.45) is 0 Å². The number of hydrogen-bond donors (Lipinski definition) is 0. The summed E-state index contributed by atoms with van der Waals surface area (Å²) >= 11 is 0. The third kappa shape index (κ3) is 4.95. The lowest BCUT2D eigenvalue weighted by molar-refractivity contribution is -0.139. The van der Waals surface area contributed by atoms with Crippen molar-refractivity contribution >= 4 is 17.7 Å². The highest BCUT2D eigenvalue weighted by atomic mass is 16.5. The lowest BCUT2D eigenvalue weighted by Crippen LogP contribution is -2.08. The van der Waals surface area contributed by atoms with E-state index in [-0.39, 0.29) is 12.2 Å². The molecule has 0 bridgehead atoms. The van der Waals surface area contributed by atoms with Crippen LogP contribution in [0.4, 0.5) is 5.69 Å². The van der Waals surface area contributed by atoms with Gasteiger partial charge in [-0.1, -0.05) is 24.3 Å². The molecule has 0 radical (unpaired) electrons. The fourth-order valence-electron chi connectivity index (χ4n) is 2.13. The summed E-state index contributed by atoms with van der Waals surface area (Å²) in [6.07, 6.45) is 1.49. The highest BCUT2D eigenvalue weighted by molar-refractivity contribution is 5.97. The van der Waals surface area contributed by atoms with Gasteiger partial charge in [0.2, 0.25) is 0 Å². The van der Waals surface area contributed by atoms with Crippen LogP contribution in [0.1, 0.15) is 16.7 Å². The number of hydrogen-bond acceptors (Lipinski definition) is 5. The van der Waals surface area contributed by atoms with Crippen molar-refractivity contribution < 1.29 is 9.53 Å². The van der Waals surface area contributed by atoms with Crippen molar-refractivity contribution in [3.05, 3.63) is 70.8 Å². The zero-order chi connectivity index (χ0) is 18.2. The monoisotopic (exact) mass is 331 g/mol. The summed E-state index contributed by atoms with van der Waals surface area (Å²) < 4.78 is 5.17. The molecular formula is C20H17N3O2. The smallest absolute Gasteiger partial charge is 0.349 e. The topological polar surface area (TPSA) is 77.1 Å². The molecule has 25 heavy (non-hydrogen) atoms. The minimum absolute atomic E-state index is 0.00689. The van der Waals surface area contributed by atoms with Gasteiger partial charge in [0.1, 0.15) is 18.2 Å². The van der Waals surface area contributed by atoms with Gasteiger partial charge in [-0.3, -0.25) is 0 Å². The van der Waals surface area contributed by atoms with Gasteiger partial charge in [0.15, 0.2) is 0 Å². The van der Waals surface area contributed by atoms with Gasteiger partial charge in [0.25, 0.3) is 0 Å². The van der Waals surface area contributed by atoms with Gasteiger partial charge in [0, 0.05) is 19.8 Å². The van der Waals surface area contributed by atoms with E-state index in [4.69, 9.17) is 10.00 Å². The third-order valence-corrected chi connectivity index (χ3v) is 3.49. The Morgan fingerprint density at radius 3 is 2.48 bits per heavy atom. The molecule has 0 saturated heterocycles. The molecule has 0 saturated carbocycles. The Morgan fingerprint density at radius 1 is 1.16 bits per heavy atom. The molecule has 0 N–H and O–H groups in total. The van der Waals surface area contributed by atoms with E-state index >= 15 is 0 Å². The Kier molecular flexibility index (Phi) is 5.92. The maximum Gasteiger partial charge on any atom is 0.349 e. The predicted molar refractivity (Wildman–Crippen MR) is 95.3 cm³/mol. The van der Waals surface area contributed by atoms with E-state index in [0.717, 1.165) is 11.3 Å². The zero-order valence-electron chi connectivity index (χ0n) is 14.1. The number of nitrogens with zero attached hydrogens (tertiary/aromatic N) is 3. The number of benzene rings is 2. The van der Waals surface area contributed by atoms with Crippen LogP contribution in [-0.4, -0.2) is 20.1 Å². The predicted octanol–water partition coefficient (Wildman–Crippen LogP) is 3.27. The summed E-state index contributed by atoms with van der Waals surface area (Å²) in [5.74, 6) is -0.693. The SMILES string of the molecule is CN(C)c1ccc(/C=C(\C#N)C(=O)OCc2cccc(C#N)c2)cc1. The van der Waals surface area contributed by atoms with Crippen molar-refractivity contribution in [1.29, 1.82) is 10.5 Å². The molecule has 2 rings (SSSR count). The van der Waals surface area contributed by atoms with E-state index in [1.807, 2.05) is 55.4 Å². The minimum Gasteiger partial charge on any atom is -0.457 e. The van der Waals surface area contributed by atoms with Crippen LogP contribution in [0.25, 0.3) is 6.08 Å². The van der Waals surface area contributed by atoms with Crippen molar-refractivity contribution in [2.45, 2.75) is 6.61 Å². The van der Waals surface area contributed by atoms with Crippen molar-refractivity contribution in [2.75, 3.05) is 19.0 Å². The first-order valence-corrected chi connectivity index (χ1v) is 7.59. The Balaban J connectivity index is 2.07. The average Bonchev–Trinajstić information content (AvgIpc) is 2.64. The van der Waals surface area contributed by atoms with E-state index in [0.29, 0.717) is 11.1 Å². The minimum atomic E-state index is -0.693. The molecule has 0 aliphatic carbocycles. The molecule has 5 nitrogen and oxygen atoms in total. The van der Waals surface area contributed by atoms with Gasteiger partial charge in [-0.2, -0.15) is 10.5 Å². The number of anilines is 1. The summed E-state index contributed by atoms with van der Waals surface area (Å²) in [6.45, 7) is 0.00689. The van der Waals surface area contributed by atoms with Crippen LogP contribution in [0.3, 0.4) is 0 Å². The Morgan fingerprint density at radius 2 is 1.88 bits per heavy atom. The maximum absolute atomic E-state index is 12.1. The summed E-state index contributed by atoms with van der Waals surface area (Å²) in [7, 11) is 3.87. The largest absolute Gasteiger partial charge is 0.457 e. The number of rotatable bonds is 5. The number of carbonyl (C=O) groups is 1. The molecule has 0 aliphatic heterocycles. The summed E-state index contributed by atoms with van der Waals surface area (Å²) in [5, 5.41) is 18.1. The van der Waals surface area contributed by atoms with Crippen LogP contribution in [0.2, 0.25) is 0 Å². The number of ether oxygens (including phenoxy) is 1. The van der Waals surface area contributed by atoms with E-state index in [9.17, 15) is 10.1 Å². The van der Waals surface area contributed by atoms with E-state index in [2.05, 4.69) is 0 Å². The van der Waals surface area contributed by atoms with E-state index < -0.39 is 5.97 Å². The van der Waals surface area contributed by atoms with Crippen molar-refractivity contribution in [3.63, 3.8) is 0 Å². The van der Waals surface area contributed by atoms with Gasteiger partial charge >= 0.3 is 5.97 Å². The molecule has 0 fully saturated rings. The Labute approximate surface area is 147 Å². The number of carbonyl (C=O) groups excluding carboxylic acids is 1. The standard InChI is InChI=1S/C20H17N3O2/c1-23(2)19-8-6-15(7-9-19)11-18(13-22)20(24)25-14-17-5-3-4-16(10-17)12-21/h3-11H,14H2,1-2H3/b18-11+. The van der Waals surface area contributed by atoms with Crippen LogP contribution >= 0.6 is 0 Å². The summed E-state index contributed by atoms with van der Waals surface area (Å²) in [4.78, 5) is 14.1. The molecule has 2 aromatic carbocycles. The molecule has 0 aliphatic rings. The molecule has 124 valence electrons. The van der Waals surface area contributed by atoms with Gasteiger partial charge in [-0.25, -0.2) is 4.79 Å². The molecule has 2 aromatic rings. The van der Waals surface area contributed by atoms with Crippen molar-refractivity contribution in [3.8, 4) is 12.1 Å². The fourth-order valence-corrected chi connectivity index (χ4v) is 2.13.